The number of ether oxygens (including phenoxy) is 4. The fraction of sp³-hybridized carbons (Fsp3) is 0.841. The average Bonchev–Trinajstić information content (AvgIpc) is 3.22. The van der Waals surface area contributed by atoms with E-state index in [9.17, 15) is 45.6 Å². The molecule has 0 aromatic carbocycles. The third kappa shape index (κ3) is 20.2. The van der Waals surface area contributed by atoms with Crippen LogP contribution in [-0.4, -0.2) is 140 Å². The maximum absolute atomic E-state index is 13.0. The van der Waals surface area contributed by atoms with Gasteiger partial charge in [0.2, 0.25) is 5.91 Å². The molecule has 0 spiro atoms. The Morgan fingerprint density at radius 3 is 1.74 bits per heavy atom. The van der Waals surface area contributed by atoms with E-state index in [0.29, 0.717) is 12.8 Å². The van der Waals surface area contributed by atoms with Crippen molar-refractivity contribution in [2.24, 2.45) is 0 Å². The normalized spacial score (nSPS) is 29.1. The van der Waals surface area contributed by atoms with E-state index in [2.05, 4.69) is 43.5 Å². The SMILES string of the molecule is CCCC/C=C/CC/C=C/C(O)C(COC1OC(CO)C(OC2OC(CO)C(O)C(O)C2O)C(O)C1O)NC(=O)CCCCCCC/C=C\CCCCCCCCC. The zero-order chi connectivity index (χ0) is 42.5. The van der Waals surface area contributed by atoms with Gasteiger partial charge in [0, 0.05) is 6.42 Å². The molecule has 14 nitrogen and oxygen atoms in total. The summed E-state index contributed by atoms with van der Waals surface area (Å²) in [5.41, 5.74) is 0. The lowest BCUT2D eigenvalue weighted by Gasteiger charge is -2.46. The predicted molar refractivity (Wildman–Crippen MR) is 221 cm³/mol. The minimum absolute atomic E-state index is 0.263. The molecule has 12 atom stereocenters. The monoisotopic (exact) mass is 830 g/mol. The van der Waals surface area contributed by atoms with Crippen molar-refractivity contribution in [3.63, 3.8) is 0 Å². The second kappa shape index (κ2) is 32.0. The van der Waals surface area contributed by atoms with Crippen LogP contribution >= 0.6 is 0 Å². The van der Waals surface area contributed by atoms with Crippen molar-refractivity contribution in [1.82, 2.24) is 5.32 Å². The van der Waals surface area contributed by atoms with Gasteiger partial charge >= 0.3 is 0 Å². The van der Waals surface area contributed by atoms with Gasteiger partial charge in [-0.25, -0.2) is 0 Å². The Balaban J connectivity index is 1.88. The van der Waals surface area contributed by atoms with Gasteiger partial charge in [-0.05, 0) is 51.4 Å². The lowest BCUT2D eigenvalue weighted by Crippen LogP contribution is -2.65. The molecular formula is C44H79NO13. The zero-order valence-electron chi connectivity index (χ0n) is 35.3. The van der Waals surface area contributed by atoms with Gasteiger partial charge in [-0.3, -0.25) is 4.79 Å². The summed E-state index contributed by atoms with van der Waals surface area (Å²) in [7, 11) is 0. The van der Waals surface area contributed by atoms with Crippen molar-refractivity contribution in [2.45, 2.75) is 216 Å². The molecule has 12 unspecified atom stereocenters. The highest BCUT2D eigenvalue weighted by Gasteiger charge is 2.50. The number of nitrogens with one attached hydrogen (secondary N) is 1. The molecule has 1 amide bonds. The largest absolute Gasteiger partial charge is 0.394 e. The number of unbranched alkanes of at least 4 members (excludes halogenated alkanes) is 15. The highest BCUT2D eigenvalue weighted by atomic mass is 16.7. The maximum Gasteiger partial charge on any atom is 0.220 e. The lowest BCUT2D eigenvalue weighted by atomic mass is 9.97. The first-order chi connectivity index (χ1) is 28.1. The van der Waals surface area contributed by atoms with Crippen molar-refractivity contribution in [1.29, 1.82) is 0 Å². The summed E-state index contributed by atoms with van der Waals surface area (Å²) in [6.45, 7) is 2.64. The number of hydrogen-bond donors (Lipinski definition) is 9. The second-order valence-corrected chi connectivity index (χ2v) is 15.8. The molecule has 2 saturated heterocycles. The Hall–Kier alpha value is -1.79. The molecule has 0 aromatic rings. The zero-order valence-corrected chi connectivity index (χ0v) is 35.3. The Kier molecular flexibility index (Phi) is 28.9. The fourth-order valence-electron chi connectivity index (χ4n) is 7.05. The van der Waals surface area contributed by atoms with Crippen LogP contribution in [0.5, 0.6) is 0 Å². The Bertz CT molecular complexity index is 1120. The van der Waals surface area contributed by atoms with E-state index in [1.165, 1.54) is 44.9 Å². The van der Waals surface area contributed by atoms with Crippen LogP contribution in [0.4, 0.5) is 0 Å². The summed E-state index contributed by atoms with van der Waals surface area (Å²) in [5, 5.41) is 86.1. The molecular weight excluding hydrogens is 750 g/mol. The maximum atomic E-state index is 13.0. The molecule has 2 fully saturated rings. The minimum Gasteiger partial charge on any atom is -0.394 e. The molecule has 0 aliphatic carbocycles. The third-order valence-corrected chi connectivity index (χ3v) is 10.8. The topological polar surface area (TPSA) is 228 Å². The second-order valence-electron chi connectivity index (χ2n) is 15.8. The molecule has 58 heavy (non-hydrogen) atoms. The first-order valence-corrected chi connectivity index (χ1v) is 22.2. The van der Waals surface area contributed by atoms with Crippen LogP contribution in [0, 0.1) is 0 Å². The van der Waals surface area contributed by atoms with E-state index in [-0.39, 0.29) is 18.9 Å². The van der Waals surface area contributed by atoms with Gasteiger partial charge in [0.1, 0.15) is 48.8 Å². The Morgan fingerprint density at radius 2 is 1.12 bits per heavy atom. The van der Waals surface area contributed by atoms with Crippen molar-refractivity contribution >= 4 is 5.91 Å². The first-order valence-electron chi connectivity index (χ1n) is 22.2. The third-order valence-electron chi connectivity index (χ3n) is 10.8. The van der Waals surface area contributed by atoms with Crippen LogP contribution < -0.4 is 5.32 Å². The van der Waals surface area contributed by atoms with Gasteiger partial charge in [0.25, 0.3) is 0 Å². The molecule has 14 heteroatoms. The number of allylic oxidation sites excluding steroid dienone is 5. The minimum atomic E-state index is -1.79. The molecule has 2 rings (SSSR count). The highest BCUT2D eigenvalue weighted by Crippen LogP contribution is 2.30. The summed E-state index contributed by atoms with van der Waals surface area (Å²) < 4.78 is 22.5. The molecule has 0 radical (unpaired) electrons. The standard InChI is InChI=1S/C44H79NO13/c1-3-5-7-9-11-13-14-15-16-17-18-19-20-22-24-26-28-36(49)45-32(33(48)27-25-23-21-12-10-8-6-4-2)31-55-43-41(54)39(52)42(35(30-47)57-43)58-44-40(53)38(51)37(50)34(29-46)56-44/h10,12,16-17,25,27,32-35,37-44,46-48,50-54H,3-9,11,13-15,18-24,26,28-31H2,1-2H3,(H,45,49)/b12-10+,17-16-,27-25+. The van der Waals surface area contributed by atoms with Gasteiger partial charge in [-0.2, -0.15) is 0 Å². The van der Waals surface area contributed by atoms with Crippen molar-refractivity contribution in [3.8, 4) is 0 Å². The van der Waals surface area contributed by atoms with E-state index in [1.807, 2.05) is 6.08 Å². The van der Waals surface area contributed by atoms with Gasteiger partial charge in [0.15, 0.2) is 12.6 Å². The Morgan fingerprint density at radius 1 is 0.603 bits per heavy atom. The van der Waals surface area contributed by atoms with Crippen molar-refractivity contribution in [3.05, 3.63) is 36.5 Å². The molecule has 0 bridgehead atoms. The number of aliphatic hydroxyl groups is 8. The summed E-state index contributed by atoms with van der Waals surface area (Å²) in [4.78, 5) is 13.0. The number of carbonyl (C=O) groups excluding carboxylic acids is 1. The molecule has 338 valence electrons. The van der Waals surface area contributed by atoms with Crippen LogP contribution in [0.3, 0.4) is 0 Å². The number of carbonyl (C=O) groups is 1. The number of aliphatic hydroxyl groups excluding tert-OH is 8. The molecule has 0 saturated carbocycles. The summed E-state index contributed by atoms with van der Waals surface area (Å²) >= 11 is 0. The van der Waals surface area contributed by atoms with Crippen LogP contribution in [0.1, 0.15) is 142 Å². The number of hydrogen-bond acceptors (Lipinski definition) is 13. The van der Waals surface area contributed by atoms with Crippen molar-refractivity contribution in [2.75, 3.05) is 19.8 Å². The first kappa shape index (κ1) is 52.3. The van der Waals surface area contributed by atoms with Crippen LogP contribution in [0.2, 0.25) is 0 Å². The van der Waals surface area contributed by atoms with E-state index in [0.717, 1.165) is 64.2 Å². The number of amides is 1. The van der Waals surface area contributed by atoms with E-state index in [4.69, 9.17) is 18.9 Å². The van der Waals surface area contributed by atoms with Gasteiger partial charge in [-0.15, -0.1) is 0 Å². The summed E-state index contributed by atoms with van der Waals surface area (Å²) in [5.74, 6) is -0.264. The van der Waals surface area contributed by atoms with Crippen LogP contribution in [-0.2, 0) is 23.7 Å². The van der Waals surface area contributed by atoms with E-state index < -0.39 is 86.8 Å². The smallest absolute Gasteiger partial charge is 0.220 e. The lowest BCUT2D eigenvalue weighted by molar-refractivity contribution is -0.359. The predicted octanol–water partition coefficient (Wildman–Crippen LogP) is 3.98. The van der Waals surface area contributed by atoms with E-state index >= 15 is 0 Å². The van der Waals surface area contributed by atoms with Gasteiger partial charge in [-0.1, -0.05) is 121 Å². The van der Waals surface area contributed by atoms with E-state index in [1.54, 1.807) is 6.08 Å². The van der Waals surface area contributed by atoms with Crippen LogP contribution in [0.25, 0.3) is 0 Å². The molecule has 9 N–H and O–H groups in total. The summed E-state index contributed by atoms with van der Waals surface area (Å²) in [6, 6.07) is -0.930. The van der Waals surface area contributed by atoms with Gasteiger partial charge < -0.3 is 65.1 Å². The molecule has 2 aliphatic heterocycles. The van der Waals surface area contributed by atoms with Crippen molar-refractivity contribution < 1.29 is 64.6 Å². The quantitative estimate of drug-likeness (QED) is 0.0346. The highest BCUT2D eigenvalue weighted by molar-refractivity contribution is 5.76. The Labute approximate surface area is 347 Å². The molecule has 2 heterocycles. The molecule has 0 aromatic heterocycles. The summed E-state index contributed by atoms with van der Waals surface area (Å²) in [6.07, 6.45) is 16.5. The fourth-order valence-corrected chi connectivity index (χ4v) is 7.05. The molecule has 2 aliphatic rings. The number of rotatable bonds is 32. The van der Waals surface area contributed by atoms with Crippen LogP contribution in [0.15, 0.2) is 36.5 Å². The average molecular weight is 830 g/mol. The van der Waals surface area contributed by atoms with Gasteiger partial charge in [0.05, 0.1) is 32.0 Å².